The van der Waals surface area contributed by atoms with E-state index in [0.717, 1.165) is 4.68 Å². The number of carboxylic acid groups (broad SMARTS) is 1. The van der Waals surface area contributed by atoms with Crippen molar-refractivity contribution < 1.29 is 23.8 Å². The third-order valence-electron chi connectivity index (χ3n) is 3.35. The number of carbonyl (C=O) groups is 2. The second-order valence-electron chi connectivity index (χ2n) is 5.19. The summed E-state index contributed by atoms with van der Waals surface area (Å²) in [6.45, 7) is 0.851. The number of hydrogen-bond acceptors (Lipinski definition) is 5. The summed E-state index contributed by atoms with van der Waals surface area (Å²) in [7, 11) is 1.37. The van der Waals surface area contributed by atoms with Crippen LogP contribution in [0.3, 0.4) is 0 Å². The fraction of sp³-hybridized carbons (Fsp3) is 0.250. The number of methoxy groups -OCH3 is 1. The van der Waals surface area contributed by atoms with E-state index in [0.29, 0.717) is 11.3 Å². The van der Waals surface area contributed by atoms with E-state index in [1.165, 1.54) is 44.4 Å². The second-order valence-corrected chi connectivity index (χ2v) is 5.19. The quantitative estimate of drug-likeness (QED) is 0.792. The predicted octanol–water partition coefficient (Wildman–Crippen LogP) is 0.647. The second kappa shape index (κ2) is 7.56. The number of hydrogen-bond donors (Lipinski definition) is 2. The van der Waals surface area contributed by atoms with Gasteiger partial charge in [-0.1, -0.05) is 0 Å². The number of carbonyl (C=O) groups excluding carboxylic acids is 1. The average Bonchev–Trinajstić information content (AvgIpc) is 2.56. The number of ether oxygens (including phenoxy) is 1. The molecule has 9 heteroatoms. The Morgan fingerprint density at radius 2 is 2.08 bits per heavy atom. The van der Waals surface area contributed by atoms with Crippen LogP contribution in [0.2, 0.25) is 0 Å². The average molecular weight is 349 g/mol. The van der Waals surface area contributed by atoms with Crippen molar-refractivity contribution in [1.82, 2.24) is 15.1 Å². The van der Waals surface area contributed by atoms with Crippen LogP contribution in [0.1, 0.15) is 6.92 Å². The van der Waals surface area contributed by atoms with Gasteiger partial charge >= 0.3 is 5.97 Å². The fourth-order valence-corrected chi connectivity index (χ4v) is 2.07. The monoisotopic (exact) mass is 349 g/mol. The molecule has 0 saturated heterocycles. The molecule has 2 rings (SSSR count). The summed E-state index contributed by atoms with van der Waals surface area (Å²) >= 11 is 0. The lowest BCUT2D eigenvalue weighted by Crippen LogP contribution is -2.41. The van der Waals surface area contributed by atoms with Gasteiger partial charge in [0, 0.05) is 17.7 Å². The first-order valence-corrected chi connectivity index (χ1v) is 7.26. The number of rotatable bonds is 6. The number of amides is 1. The van der Waals surface area contributed by atoms with E-state index in [1.807, 2.05) is 0 Å². The van der Waals surface area contributed by atoms with Gasteiger partial charge in [-0.05, 0) is 25.1 Å². The van der Waals surface area contributed by atoms with Crippen molar-refractivity contribution in [2.24, 2.45) is 0 Å². The van der Waals surface area contributed by atoms with Crippen molar-refractivity contribution in [3.05, 3.63) is 46.5 Å². The topological polar surface area (TPSA) is 111 Å². The molecule has 132 valence electrons. The van der Waals surface area contributed by atoms with Crippen molar-refractivity contribution in [3.63, 3.8) is 0 Å². The highest BCUT2D eigenvalue weighted by Gasteiger charge is 2.16. The summed E-state index contributed by atoms with van der Waals surface area (Å²) in [5, 5.41) is 15.1. The molecule has 8 nitrogen and oxygen atoms in total. The summed E-state index contributed by atoms with van der Waals surface area (Å²) in [6.07, 6.45) is 0. The van der Waals surface area contributed by atoms with E-state index in [4.69, 9.17) is 9.84 Å². The van der Waals surface area contributed by atoms with Crippen LogP contribution in [0.5, 0.6) is 5.75 Å². The molecule has 2 aromatic rings. The highest BCUT2D eigenvalue weighted by Crippen LogP contribution is 2.28. The van der Waals surface area contributed by atoms with Crippen molar-refractivity contribution in [1.29, 1.82) is 0 Å². The molecule has 1 unspecified atom stereocenters. The first-order chi connectivity index (χ1) is 11.8. The zero-order valence-electron chi connectivity index (χ0n) is 13.5. The van der Waals surface area contributed by atoms with Gasteiger partial charge in [-0.25, -0.2) is 9.07 Å². The van der Waals surface area contributed by atoms with Crippen LogP contribution in [-0.4, -0.2) is 39.9 Å². The Kier molecular flexibility index (Phi) is 5.48. The van der Waals surface area contributed by atoms with Crippen LogP contribution in [-0.2, 0) is 16.1 Å². The van der Waals surface area contributed by atoms with Crippen molar-refractivity contribution in [2.75, 3.05) is 7.11 Å². The van der Waals surface area contributed by atoms with Crippen LogP contribution >= 0.6 is 0 Å². The Labute approximate surface area is 141 Å². The van der Waals surface area contributed by atoms with E-state index in [-0.39, 0.29) is 5.75 Å². The van der Waals surface area contributed by atoms with Crippen LogP contribution < -0.4 is 15.6 Å². The molecule has 0 spiro atoms. The number of aliphatic carboxylic acids is 1. The number of benzene rings is 1. The van der Waals surface area contributed by atoms with Gasteiger partial charge in [0.25, 0.3) is 5.56 Å². The Hall–Kier alpha value is -3.23. The highest BCUT2D eigenvalue weighted by molar-refractivity contribution is 5.83. The number of carboxylic acids is 1. The van der Waals surface area contributed by atoms with Gasteiger partial charge in [-0.15, -0.1) is 0 Å². The predicted molar refractivity (Wildman–Crippen MR) is 85.7 cm³/mol. The van der Waals surface area contributed by atoms with Gasteiger partial charge in [0.2, 0.25) is 5.91 Å². The maximum Gasteiger partial charge on any atom is 0.325 e. The minimum atomic E-state index is -1.20. The molecule has 1 atom stereocenters. The van der Waals surface area contributed by atoms with Gasteiger partial charge in [-0.2, -0.15) is 5.10 Å². The molecular formula is C16H16FN3O5. The Bertz CT molecular complexity index is 865. The fourth-order valence-electron chi connectivity index (χ4n) is 2.07. The van der Waals surface area contributed by atoms with Gasteiger partial charge in [0.05, 0.1) is 12.8 Å². The normalized spacial score (nSPS) is 11.6. The number of nitrogens with zero attached hydrogens (tertiary/aromatic N) is 2. The molecule has 1 aromatic heterocycles. The summed E-state index contributed by atoms with van der Waals surface area (Å²) in [5.74, 6) is -2.14. The summed E-state index contributed by atoms with van der Waals surface area (Å²) in [4.78, 5) is 34.5. The standard InChI is InChI=1S/C16H16FN3O5/c1-9(16(23)24)18-14(21)8-20-15(22)6-5-12(19-20)11-4-3-10(17)7-13(11)25-2/h3-7,9H,8H2,1-2H3,(H,18,21)(H,23,24). The highest BCUT2D eigenvalue weighted by atomic mass is 19.1. The third kappa shape index (κ3) is 4.40. The van der Waals surface area contributed by atoms with E-state index in [2.05, 4.69) is 10.4 Å². The molecule has 0 aliphatic carbocycles. The minimum Gasteiger partial charge on any atom is -0.496 e. The van der Waals surface area contributed by atoms with Gasteiger partial charge in [-0.3, -0.25) is 14.4 Å². The Morgan fingerprint density at radius 1 is 1.36 bits per heavy atom. The van der Waals surface area contributed by atoms with Crippen molar-refractivity contribution in [3.8, 4) is 17.0 Å². The molecule has 2 N–H and O–H groups in total. The first kappa shape index (κ1) is 18.1. The molecule has 0 aliphatic heterocycles. The number of nitrogens with one attached hydrogen (secondary N) is 1. The van der Waals surface area contributed by atoms with E-state index < -0.39 is 35.8 Å². The molecule has 0 saturated carbocycles. The first-order valence-electron chi connectivity index (χ1n) is 7.26. The van der Waals surface area contributed by atoms with Crippen LogP contribution in [0, 0.1) is 5.82 Å². The Balaban J connectivity index is 2.31. The zero-order chi connectivity index (χ0) is 18.6. The zero-order valence-corrected chi connectivity index (χ0v) is 13.5. The lowest BCUT2D eigenvalue weighted by Gasteiger charge is -2.12. The van der Waals surface area contributed by atoms with Crippen molar-refractivity contribution in [2.45, 2.75) is 19.5 Å². The molecule has 1 aromatic carbocycles. The van der Waals surface area contributed by atoms with E-state index in [9.17, 15) is 18.8 Å². The molecule has 0 bridgehead atoms. The van der Waals surface area contributed by atoms with Crippen LogP contribution in [0.4, 0.5) is 4.39 Å². The number of halogens is 1. The molecule has 1 heterocycles. The van der Waals surface area contributed by atoms with Crippen molar-refractivity contribution >= 4 is 11.9 Å². The maximum atomic E-state index is 13.3. The van der Waals surface area contributed by atoms with E-state index in [1.54, 1.807) is 0 Å². The maximum absolute atomic E-state index is 13.3. The number of aromatic nitrogens is 2. The Morgan fingerprint density at radius 3 is 2.72 bits per heavy atom. The summed E-state index contributed by atoms with van der Waals surface area (Å²) in [6, 6.07) is 5.37. The lowest BCUT2D eigenvalue weighted by molar-refractivity contribution is -0.141. The molecule has 1 amide bonds. The molecule has 0 fully saturated rings. The minimum absolute atomic E-state index is 0.224. The van der Waals surface area contributed by atoms with Gasteiger partial charge in [0.1, 0.15) is 24.2 Å². The molecule has 0 aliphatic rings. The lowest BCUT2D eigenvalue weighted by atomic mass is 10.1. The summed E-state index contributed by atoms with van der Waals surface area (Å²) in [5.41, 5.74) is 0.204. The smallest absolute Gasteiger partial charge is 0.325 e. The summed E-state index contributed by atoms with van der Waals surface area (Å²) < 4.78 is 19.3. The SMILES string of the molecule is COc1cc(F)ccc1-c1ccc(=O)n(CC(=O)NC(C)C(=O)O)n1. The van der Waals surface area contributed by atoms with Gasteiger partial charge < -0.3 is 15.2 Å². The largest absolute Gasteiger partial charge is 0.496 e. The van der Waals surface area contributed by atoms with Crippen LogP contribution in [0.15, 0.2) is 35.1 Å². The molecule has 0 radical (unpaired) electrons. The van der Waals surface area contributed by atoms with Gasteiger partial charge in [0.15, 0.2) is 0 Å². The molecular weight excluding hydrogens is 333 g/mol. The van der Waals surface area contributed by atoms with E-state index >= 15 is 0 Å². The third-order valence-corrected chi connectivity index (χ3v) is 3.35. The molecule has 25 heavy (non-hydrogen) atoms. The van der Waals surface area contributed by atoms with Crippen LogP contribution in [0.25, 0.3) is 11.3 Å².